The maximum Gasteiger partial charge on any atom is 0.244 e. The van der Waals surface area contributed by atoms with Crippen molar-refractivity contribution in [2.24, 2.45) is 11.7 Å². The molecule has 64 valence electrons. The summed E-state index contributed by atoms with van der Waals surface area (Å²) < 4.78 is 0. The SMILES string of the molecule is NC(=O)C1=CC=C2NNCC2C1. The Morgan fingerprint density at radius 1 is 1.58 bits per heavy atom. The lowest BCUT2D eigenvalue weighted by molar-refractivity contribution is -0.114. The summed E-state index contributed by atoms with van der Waals surface area (Å²) in [5.41, 5.74) is 13.1. The van der Waals surface area contributed by atoms with E-state index >= 15 is 0 Å². The number of allylic oxidation sites excluding steroid dienone is 2. The number of rotatable bonds is 1. The number of nitrogens with one attached hydrogen (secondary N) is 2. The number of hydrogen-bond acceptors (Lipinski definition) is 3. The summed E-state index contributed by atoms with van der Waals surface area (Å²) in [7, 11) is 0. The van der Waals surface area contributed by atoms with E-state index in [-0.39, 0.29) is 5.91 Å². The molecule has 1 aliphatic carbocycles. The Balaban J connectivity index is 2.20. The van der Waals surface area contributed by atoms with Gasteiger partial charge in [0.1, 0.15) is 0 Å². The molecule has 0 aromatic carbocycles. The van der Waals surface area contributed by atoms with Gasteiger partial charge in [0.25, 0.3) is 0 Å². The van der Waals surface area contributed by atoms with E-state index in [1.807, 2.05) is 6.08 Å². The van der Waals surface area contributed by atoms with Gasteiger partial charge in [-0.3, -0.25) is 4.79 Å². The highest BCUT2D eigenvalue weighted by Crippen LogP contribution is 2.24. The highest BCUT2D eigenvalue weighted by Gasteiger charge is 2.25. The average molecular weight is 165 g/mol. The number of amides is 1. The van der Waals surface area contributed by atoms with Gasteiger partial charge in [-0.1, -0.05) is 6.08 Å². The number of hydrazine groups is 1. The monoisotopic (exact) mass is 165 g/mol. The van der Waals surface area contributed by atoms with Crippen LogP contribution in [0.2, 0.25) is 0 Å². The van der Waals surface area contributed by atoms with Gasteiger partial charge >= 0.3 is 0 Å². The Labute approximate surface area is 70.5 Å². The van der Waals surface area contributed by atoms with Crippen LogP contribution in [0.4, 0.5) is 0 Å². The van der Waals surface area contributed by atoms with Gasteiger partial charge in [-0.15, -0.1) is 0 Å². The third-order valence-corrected chi connectivity index (χ3v) is 2.27. The van der Waals surface area contributed by atoms with Crippen LogP contribution >= 0.6 is 0 Å². The first-order chi connectivity index (χ1) is 5.77. The van der Waals surface area contributed by atoms with Crippen LogP contribution in [0.15, 0.2) is 23.4 Å². The van der Waals surface area contributed by atoms with Crippen LogP contribution in [-0.2, 0) is 4.79 Å². The molecule has 2 rings (SSSR count). The minimum absolute atomic E-state index is 0.308. The molecule has 1 unspecified atom stereocenters. The lowest BCUT2D eigenvalue weighted by Crippen LogP contribution is -2.20. The predicted octanol–water partition coefficient (Wildman–Crippen LogP) is -0.590. The summed E-state index contributed by atoms with van der Waals surface area (Å²) in [5, 5.41) is 0. The molecule has 0 spiro atoms. The van der Waals surface area contributed by atoms with Crippen molar-refractivity contribution in [3.63, 3.8) is 0 Å². The number of carbonyl (C=O) groups is 1. The minimum Gasteiger partial charge on any atom is -0.366 e. The lowest BCUT2D eigenvalue weighted by atomic mass is 9.92. The molecule has 1 aliphatic heterocycles. The van der Waals surface area contributed by atoms with Crippen molar-refractivity contribution in [2.75, 3.05) is 6.54 Å². The van der Waals surface area contributed by atoms with Crippen molar-refractivity contribution in [2.45, 2.75) is 6.42 Å². The Bertz CT molecular complexity index is 280. The van der Waals surface area contributed by atoms with Crippen LogP contribution < -0.4 is 16.6 Å². The van der Waals surface area contributed by atoms with Crippen molar-refractivity contribution >= 4 is 5.91 Å². The fourth-order valence-corrected chi connectivity index (χ4v) is 1.55. The second kappa shape index (κ2) is 2.64. The van der Waals surface area contributed by atoms with E-state index in [0.717, 1.165) is 18.7 Å². The molecule has 12 heavy (non-hydrogen) atoms. The van der Waals surface area contributed by atoms with Crippen LogP contribution in [-0.4, -0.2) is 12.5 Å². The zero-order valence-corrected chi connectivity index (χ0v) is 6.63. The number of carbonyl (C=O) groups excluding carboxylic acids is 1. The number of hydrogen-bond donors (Lipinski definition) is 3. The summed E-state index contributed by atoms with van der Waals surface area (Å²) in [6, 6.07) is 0. The highest BCUT2D eigenvalue weighted by molar-refractivity contribution is 5.92. The topological polar surface area (TPSA) is 67.2 Å². The lowest BCUT2D eigenvalue weighted by Gasteiger charge is -2.14. The van der Waals surface area contributed by atoms with E-state index in [1.165, 1.54) is 0 Å². The molecule has 4 nitrogen and oxygen atoms in total. The first-order valence-electron chi connectivity index (χ1n) is 3.97. The standard InChI is InChI=1S/C8H11N3O/c9-8(12)5-1-2-7-6(3-5)4-10-11-7/h1-2,6,10-11H,3-4H2,(H2,9,12). The second-order valence-electron chi connectivity index (χ2n) is 3.09. The molecule has 0 aromatic rings. The molecule has 0 bridgehead atoms. The van der Waals surface area contributed by atoms with Gasteiger partial charge in [0.15, 0.2) is 0 Å². The molecule has 1 heterocycles. The van der Waals surface area contributed by atoms with Crippen molar-refractivity contribution in [3.05, 3.63) is 23.4 Å². The Morgan fingerprint density at radius 2 is 2.42 bits per heavy atom. The largest absolute Gasteiger partial charge is 0.366 e. The molecular formula is C8H11N3O. The zero-order chi connectivity index (χ0) is 8.55. The smallest absolute Gasteiger partial charge is 0.244 e. The molecule has 1 fully saturated rings. The summed E-state index contributed by atoms with van der Waals surface area (Å²) in [6.07, 6.45) is 4.45. The van der Waals surface area contributed by atoms with Crippen LogP contribution in [0.5, 0.6) is 0 Å². The van der Waals surface area contributed by atoms with Crippen LogP contribution in [0.3, 0.4) is 0 Å². The van der Waals surface area contributed by atoms with Gasteiger partial charge in [-0.2, -0.15) is 0 Å². The number of fused-ring (bicyclic) bond motifs is 1. The second-order valence-corrected chi connectivity index (χ2v) is 3.09. The molecular weight excluding hydrogens is 154 g/mol. The Hall–Kier alpha value is -1.29. The van der Waals surface area contributed by atoms with Crippen molar-refractivity contribution < 1.29 is 4.79 Å². The fraction of sp³-hybridized carbons (Fsp3) is 0.375. The van der Waals surface area contributed by atoms with Crippen molar-refractivity contribution in [1.82, 2.24) is 10.9 Å². The average Bonchev–Trinajstić information content (AvgIpc) is 2.49. The maximum atomic E-state index is 10.8. The molecule has 1 saturated heterocycles. The third kappa shape index (κ3) is 1.10. The molecule has 0 aromatic heterocycles. The highest BCUT2D eigenvalue weighted by atomic mass is 16.1. The summed E-state index contributed by atoms with van der Waals surface area (Å²) >= 11 is 0. The first-order valence-corrected chi connectivity index (χ1v) is 3.97. The van der Waals surface area contributed by atoms with Crippen LogP contribution in [0.25, 0.3) is 0 Å². The van der Waals surface area contributed by atoms with Gasteiger partial charge in [0, 0.05) is 23.7 Å². The van der Waals surface area contributed by atoms with Gasteiger partial charge in [-0.05, 0) is 12.5 Å². The van der Waals surface area contributed by atoms with Gasteiger partial charge < -0.3 is 11.2 Å². The van der Waals surface area contributed by atoms with E-state index in [9.17, 15) is 4.79 Å². The first kappa shape index (κ1) is 7.36. The predicted molar refractivity (Wildman–Crippen MR) is 44.6 cm³/mol. The van der Waals surface area contributed by atoms with E-state index in [2.05, 4.69) is 10.9 Å². The quantitative estimate of drug-likeness (QED) is 0.486. The van der Waals surface area contributed by atoms with Gasteiger partial charge in [-0.25, -0.2) is 5.43 Å². The Morgan fingerprint density at radius 3 is 3.17 bits per heavy atom. The fourth-order valence-electron chi connectivity index (χ4n) is 1.55. The van der Waals surface area contributed by atoms with Gasteiger partial charge in [0.05, 0.1) is 0 Å². The number of primary amides is 1. The maximum absolute atomic E-state index is 10.8. The normalized spacial score (nSPS) is 26.8. The van der Waals surface area contributed by atoms with E-state index in [0.29, 0.717) is 11.5 Å². The van der Waals surface area contributed by atoms with Gasteiger partial charge in [0.2, 0.25) is 5.91 Å². The van der Waals surface area contributed by atoms with E-state index in [1.54, 1.807) is 6.08 Å². The van der Waals surface area contributed by atoms with E-state index < -0.39 is 0 Å². The summed E-state index contributed by atoms with van der Waals surface area (Å²) in [4.78, 5) is 10.8. The molecule has 1 amide bonds. The number of nitrogens with two attached hydrogens (primary N) is 1. The molecule has 0 saturated carbocycles. The summed E-state index contributed by atoms with van der Waals surface area (Å²) in [5.74, 6) is 0.0923. The van der Waals surface area contributed by atoms with E-state index in [4.69, 9.17) is 5.73 Å². The molecule has 2 aliphatic rings. The zero-order valence-electron chi connectivity index (χ0n) is 6.63. The minimum atomic E-state index is -0.308. The van der Waals surface area contributed by atoms with Crippen molar-refractivity contribution in [3.8, 4) is 0 Å². The van der Waals surface area contributed by atoms with Crippen LogP contribution in [0.1, 0.15) is 6.42 Å². The third-order valence-electron chi connectivity index (χ3n) is 2.27. The molecule has 4 N–H and O–H groups in total. The Kier molecular flexibility index (Phi) is 1.62. The molecule has 4 heteroatoms. The van der Waals surface area contributed by atoms with Crippen molar-refractivity contribution in [1.29, 1.82) is 0 Å². The summed E-state index contributed by atoms with van der Waals surface area (Å²) in [6.45, 7) is 0.871. The molecule has 0 radical (unpaired) electrons. The van der Waals surface area contributed by atoms with Crippen LogP contribution in [0, 0.1) is 5.92 Å². The molecule has 1 atom stereocenters.